The van der Waals surface area contributed by atoms with Crippen molar-refractivity contribution in [1.29, 1.82) is 0 Å². The Kier molecular flexibility index (Phi) is 5.34. The number of carbonyl (C=O) groups excluding carboxylic acids is 2. The number of rotatable bonds is 4. The van der Waals surface area contributed by atoms with Gasteiger partial charge in [-0.3, -0.25) is 4.79 Å². The molecule has 6 nitrogen and oxygen atoms in total. The average Bonchev–Trinajstić information content (AvgIpc) is 3.34. The normalized spacial score (nSPS) is 38.8. The highest BCUT2D eigenvalue weighted by atomic mass is 16.6. The van der Waals surface area contributed by atoms with E-state index < -0.39 is 30.7 Å². The summed E-state index contributed by atoms with van der Waals surface area (Å²) >= 11 is 0. The van der Waals surface area contributed by atoms with Gasteiger partial charge in [0.25, 0.3) is 0 Å². The molecule has 1 aliphatic heterocycles. The van der Waals surface area contributed by atoms with Crippen molar-refractivity contribution in [1.82, 2.24) is 0 Å². The largest absolute Gasteiger partial charge is 0.458 e. The van der Waals surface area contributed by atoms with Crippen LogP contribution in [0.1, 0.15) is 26.7 Å². The third-order valence-electron chi connectivity index (χ3n) is 5.83. The first-order valence-electron chi connectivity index (χ1n) is 9.05. The van der Waals surface area contributed by atoms with Crippen molar-refractivity contribution < 1.29 is 29.3 Å². The van der Waals surface area contributed by atoms with Gasteiger partial charge in [-0.05, 0) is 37.3 Å². The molecule has 3 aliphatic rings. The summed E-state index contributed by atoms with van der Waals surface area (Å²) < 4.78 is 11.2. The summed E-state index contributed by atoms with van der Waals surface area (Å²) in [7, 11) is 0. The van der Waals surface area contributed by atoms with Crippen molar-refractivity contribution in [3.63, 3.8) is 0 Å². The van der Waals surface area contributed by atoms with Crippen LogP contribution in [0, 0.1) is 23.7 Å². The molecule has 0 amide bonds. The van der Waals surface area contributed by atoms with Crippen LogP contribution < -0.4 is 0 Å². The van der Waals surface area contributed by atoms with E-state index in [0.717, 1.165) is 12.0 Å². The maximum atomic E-state index is 12.4. The summed E-state index contributed by atoms with van der Waals surface area (Å²) in [6, 6.07) is 0. The summed E-state index contributed by atoms with van der Waals surface area (Å²) in [5.74, 6) is -0.876. The van der Waals surface area contributed by atoms with Gasteiger partial charge in [-0.1, -0.05) is 24.6 Å². The van der Waals surface area contributed by atoms with Crippen LogP contribution in [0.3, 0.4) is 0 Å². The monoisotopic (exact) mass is 362 g/mol. The number of hydrogen-bond donors (Lipinski definition) is 2. The maximum Gasteiger partial charge on any atom is 0.336 e. The van der Waals surface area contributed by atoms with E-state index in [2.05, 4.69) is 6.58 Å². The van der Waals surface area contributed by atoms with Gasteiger partial charge in [0.1, 0.15) is 12.2 Å². The number of hydrogen-bond acceptors (Lipinski definition) is 6. The third kappa shape index (κ3) is 3.48. The highest BCUT2D eigenvalue weighted by molar-refractivity contribution is 5.89. The summed E-state index contributed by atoms with van der Waals surface area (Å²) in [4.78, 5) is 24.6. The Balaban J connectivity index is 1.90. The van der Waals surface area contributed by atoms with Gasteiger partial charge in [-0.2, -0.15) is 0 Å². The SMILES string of the molecule is C=C1C[C@@H](OC(=O)/C(=C/CO)CO)[C@@H]2[C@@H](/C=C(/C)[C@H]3C[C@@H]13)OC(=O)[C@@H]2C. The van der Waals surface area contributed by atoms with Gasteiger partial charge >= 0.3 is 11.9 Å². The molecular formula is C20H26O6. The quantitative estimate of drug-likeness (QED) is 0.448. The van der Waals surface area contributed by atoms with E-state index in [0.29, 0.717) is 18.3 Å². The minimum absolute atomic E-state index is 0.00319. The third-order valence-corrected chi connectivity index (χ3v) is 5.83. The lowest BCUT2D eigenvalue weighted by Gasteiger charge is -2.28. The topological polar surface area (TPSA) is 93.1 Å². The second-order valence-corrected chi connectivity index (χ2v) is 7.50. The van der Waals surface area contributed by atoms with Crippen LogP contribution in [0.25, 0.3) is 0 Å². The molecule has 1 saturated heterocycles. The molecule has 6 heteroatoms. The Labute approximate surface area is 153 Å². The molecule has 26 heavy (non-hydrogen) atoms. The van der Waals surface area contributed by atoms with Crippen molar-refractivity contribution in [2.45, 2.75) is 38.9 Å². The zero-order valence-electron chi connectivity index (χ0n) is 15.2. The predicted molar refractivity (Wildman–Crippen MR) is 93.8 cm³/mol. The van der Waals surface area contributed by atoms with E-state index in [-0.39, 0.29) is 24.1 Å². The van der Waals surface area contributed by atoms with Crippen molar-refractivity contribution in [2.24, 2.45) is 23.7 Å². The number of aliphatic hydroxyl groups excluding tert-OH is 2. The fourth-order valence-corrected chi connectivity index (χ4v) is 4.17. The van der Waals surface area contributed by atoms with Gasteiger partial charge in [0.05, 0.1) is 30.6 Å². The van der Waals surface area contributed by atoms with Gasteiger partial charge < -0.3 is 19.7 Å². The summed E-state index contributed by atoms with van der Waals surface area (Å²) in [5, 5.41) is 18.3. The number of fused-ring (bicyclic) bond motifs is 2. The zero-order chi connectivity index (χ0) is 19.0. The summed E-state index contributed by atoms with van der Waals surface area (Å²) in [5.41, 5.74) is 2.21. The van der Waals surface area contributed by atoms with Crippen LogP contribution in [0.4, 0.5) is 0 Å². The molecule has 0 aromatic carbocycles. The molecule has 1 heterocycles. The molecule has 0 aromatic rings. The molecule has 2 aliphatic carbocycles. The predicted octanol–water partition coefficient (Wildman–Crippen LogP) is 1.53. The minimum Gasteiger partial charge on any atom is -0.458 e. The lowest BCUT2D eigenvalue weighted by Crippen LogP contribution is -2.36. The molecule has 142 valence electrons. The van der Waals surface area contributed by atoms with Gasteiger partial charge in [-0.25, -0.2) is 4.79 Å². The van der Waals surface area contributed by atoms with E-state index in [9.17, 15) is 14.7 Å². The fraction of sp³-hybridized carbons (Fsp3) is 0.600. The van der Waals surface area contributed by atoms with Crippen LogP contribution in [0.2, 0.25) is 0 Å². The van der Waals surface area contributed by atoms with Crippen molar-refractivity contribution in [3.05, 3.63) is 35.5 Å². The van der Waals surface area contributed by atoms with Crippen LogP contribution in [0.15, 0.2) is 35.5 Å². The molecule has 0 radical (unpaired) electrons. The van der Waals surface area contributed by atoms with E-state index >= 15 is 0 Å². The van der Waals surface area contributed by atoms with E-state index in [1.807, 2.05) is 13.0 Å². The second-order valence-electron chi connectivity index (χ2n) is 7.50. The lowest BCUT2D eigenvalue weighted by atomic mass is 9.83. The minimum atomic E-state index is -0.683. The van der Waals surface area contributed by atoms with Crippen molar-refractivity contribution >= 4 is 11.9 Å². The number of allylic oxidation sites excluding steroid dienone is 1. The maximum absolute atomic E-state index is 12.4. The standard InChI is InChI=1S/C20H26O6/c1-10-6-16-18(12(3)19(23)25-16)17(7-11(2)15-8-14(10)15)26-20(24)13(9-22)4-5-21/h4,6,12,14-18,21-22H,2,5,7-9H2,1,3H3/b10-6-,13-4+/t12-,14-,15+,16-,17-,18+/m1/s1. The van der Waals surface area contributed by atoms with Gasteiger partial charge in [0, 0.05) is 6.42 Å². The summed E-state index contributed by atoms with van der Waals surface area (Å²) in [6.45, 7) is 7.14. The van der Waals surface area contributed by atoms with Crippen molar-refractivity contribution in [3.8, 4) is 0 Å². The Morgan fingerprint density at radius 2 is 2.15 bits per heavy atom. The second kappa shape index (κ2) is 7.37. The van der Waals surface area contributed by atoms with E-state index in [4.69, 9.17) is 14.6 Å². The van der Waals surface area contributed by atoms with Gasteiger partial charge in [0.15, 0.2) is 0 Å². The fourth-order valence-electron chi connectivity index (χ4n) is 4.17. The van der Waals surface area contributed by atoms with Gasteiger partial charge in [-0.15, -0.1) is 0 Å². The van der Waals surface area contributed by atoms with E-state index in [1.54, 1.807) is 6.92 Å². The Hall–Kier alpha value is -1.92. The van der Waals surface area contributed by atoms with Crippen LogP contribution in [-0.2, 0) is 19.1 Å². The average molecular weight is 362 g/mol. The smallest absolute Gasteiger partial charge is 0.336 e. The zero-order valence-corrected chi connectivity index (χ0v) is 15.2. The molecule has 1 saturated carbocycles. The van der Waals surface area contributed by atoms with Crippen LogP contribution in [-0.4, -0.2) is 47.6 Å². The number of carbonyl (C=O) groups is 2. The molecule has 0 aromatic heterocycles. The lowest BCUT2D eigenvalue weighted by molar-refractivity contribution is -0.149. The highest BCUT2D eigenvalue weighted by Crippen LogP contribution is 2.52. The van der Waals surface area contributed by atoms with E-state index in [1.165, 1.54) is 11.6 Å². The Bertz CT molecular complexity index is 676. The van der Waals surface area contributed by atoms with Crippen LogP contribution >= 0.6 is 0 Å². The molecular weight excluding hydrogens is 336 g/mol. The molecule has 6 atom stereocenters. The van der Waals surface area contributed by atoms with Crippen molar-refractivity contribution in [2.75, 3.05) is 13.2 Å². The molecule has 0 spiro atoms. The highest BCUT2D eigenvalue weighted by Gasteiger charge is 2.50. The Morgan fingerprint density at radius 3 is 2.81 bits per heavy atom. The molecule has 2 fully saturated rings. The first kappa shape index (κ1) is 18.9. The first-order valence-corrected chi connectivity index (χ1v) is 9.05. The molecule has 2 N–H and O–H groups in total. The number of ether oxygens (including phenoxy) is 2. The number of aliphatic hydroxyl groups is 2. The molecule has 3 rings (SSSR count). The van der Waals surface area contributed by atoms with Crippen LogP contribution in [0.5, 0.6) is 0 Å². The Morgan fingerprint density at radius 1 is 1.42 bits per heavy atom. The first-order chi connectivity index (χ1) is 12.4. The number of esters is 2. The summed E-state index contributed by atoms with van der Waals surface area (Å²) in [6.07, 6.45) is 3.71. The van der Waals surface area contributed by atoms with Gasteiger partial charge in [0.2, 0.25) is 0 Å². The molecule has 0 unspecified atom stereocenters. The molecule has 0 bridgehead atoms.